The van der Waals surface area contributed by atoms with Gasteiger partial charge in [0, 0.05) is 31.1 Å². The number of carbonyl (C=O) groups excluding carboxylic acids is 1. The van der Waals surface area contributed by atoms with E-state index >= 15 is 0 Å². The molecule has 1 unspecified atom stereocenters. The molecule has 0 aliphatic heterocycles. The van der Waals surface area contributed by atoms with Crippen LogP contribution in [0.25, 0.3) is 0 Å². The summed E-state index contributed by atoms with van der Waals surface area (Å²) >= 11 is 3.48. The molecule has 1 aliphatic carbocycles. The summed E-state index contributed by atoms with van der Waals surface area (Å²) in [5.74, 6) is 1.00. The minimum absolute atomic E-state index is 0.0420. The number of benzene rings is 2. The number of nitro benzene ring substituents is 1. The first-order valence-electron chi connectivity index (χ1n) is 11.8. The molecule has 0 saturated heterocycles. The first-order chi connectivity index (χ1) is 17.7. The maximum Gasteiger partial charge on any atom is 0.269 e. The van der Waals surface area contributed by atoms with Gasteiger partial charge in [0.25, 0.3) is 5.69 Å². The molecule has 12 heteroatoms. The van der Waals surface area contributed by atoms with Crippen LogP contribution in [0.2, 0.25) is 19.6 Å². The van der Waals surface area contributed by atoms with Crippen molar-refractivity contribution in [3.8, 4) is 11.5 Å². The Morgan fingerprint density at radius 1 is 1.03 bits per heavy atom. The highest BCUT2D eigenvalue weighted by molar-refractivity contribution is 9.12. The largest absolute Gasteiger partial charge is 0.493 e. The fourth-order valence-corrected chi connectivity index (χ4v) is 7.79. The highest BCUT2D eigenvalue weighted by atomic mass is 79.9. The molecule has 0 spiro atoms. The van der Waals surface area contributed by atoms with E-state index in [1.165, 1.54) is 35.6 Å². The van der Waals surface area contributed by atoms with Crippen LogP contribution in [-0.2, 0) is 20.2 Å². The van der Waals surface area contributed by atoms with Crippen LogP contribution in [0.3, 0.4) is 0 Å². The Morgan fingerprint density at radius 2 is 1.63 bits per heavy atom. The maximum atomic E-state index is 13.3. The summed E-state index contributed by atoms with van der Waals surface area (Å²) in [6.07, 6.45) is 4.12. The molecule has 0 N–H and O–H groups in total. The van der Waals surface area contributed by atoms with Crippen molar-refractivity contribution in [2.75, 3.05) is 27.8 Å². The highest BCUT2D eigenvalue weighted by Gasteiger charge is 2.40. The molecule has 0 aromatic heterocycles. The number of rotatable bonds is 10. The smallest absolute Gasteiger partial charge is 0.269 e. The SMILES string of the molecule is COc1ccc(C2(CCN(C)S(=O)(=O)c3ccc([N+](=O)[O-])cc3)C=C(Br)C(=O)C([Si](C)(C)C)=C2)cc1OC. The average molecular weight is 624 g/mol. The highest BCUT2D eigenvalue weighted by Crippen LogP contribution is 2.43. The van der Waals surface area contributed by atoms with Gasteiger partial charge in [-0.3, -0.25) is 14.9 Å². The third kappa shape index (κ3) is 5.93. The lowest BCUT2D eigenvalue weighted by atomic mass is 9.74. The number of ether oxygens (including phenoxy) is 2. The molecule has 1 aliphatic rings. The zero-order valence-corrected chi connectivity index (χ0v) is 25.6. The second kappa shape index (κ2) is 11.1. The Hall–Kier alpha value is -2.80. The van der Waals surface area contributed by atoms with E-state index in [-0.39, 0.29) is 22.9 Å². The summed E-state index contributed by atoms with van der Waals surface area (Å²) in [5, 5.41) is 11.7. The topological polar surface area (TPSA) is 116 Å². The van der Waals surface area contributed by atoms with Crippen molar-refractivity contribution in [3.05, 3.63) is 80.0 Å². The molecule has 3 rings (SSSR count). The lowest BCUT2D eigenvalue weighted by molar-refractivity contribution is -0.384. The van der Waals surface area contributed by atoms with E-state index in [1.54, 1.807) is 20.3 Å². The zero-order valence-electron chi connectivity index (χ0n) is 22.1. The summed E-state index contributed by atoms with van der Waals surface area (Å²) in [5.41, 5.74) is -0.192. The van der Waals surface area contributed by atoms with Gasteiger partial charge in [0.2, 0.25) is 10.0 Å². The lowest BCUT2D eigenvalue weighted by Crippen LogP contribution is -2.39. The van der Waals surface area contributed by atoms with Gasteiger partial charge in [0.05, 0.1) is 36.6 Å². The number of halogens is 1. The fraction of sp³-hybridized carbons (Fsp3) is 0.346. The van der Waals surface area contributed by atoms with E-state index in [0.29, 0.717) is 22.4 Å². The number of Topliss-reactive ketones (excluding diaryl/α,β-unsaturated/α-hetero) is 1. The molecular formula is C26H31BrN2O7SSi. The monoisotopic (exact) mass is 622 g/mol. The van der Waals surface area contributed by atoms with Crippen LogP contribution in [0.4, 0.5) is 5.69 Å². The Morgan fingerprint density at radius 3 is 2.16 bits per heavy atom. The molecule has 38 heavy (non-hydrogen) atoms. The van der Waals surface area contributed by atoms with Crippen molar-refractivity contribution in [2.45, 2.75) is 36.4 Å². The van der Waals surface area contributed by atoms with Gasteiger partial charge in [-0.25, -0.2) is 12.7 Å². The van der Waals surface area contributed by atoms with Gasteiger partial charge in [-0.05, 0) is 57.4 Å². The summed E-state index contributed by atoms with van der Waals surface area (Å²) in [4.78, 5) is 23.5. The minimum atomic E-state index is -3.93. The van der Waals surface area contributed by atoms with Crippen molar-refractivity contribution in [1.29, 1.82) is 0 Å². The predicted octanol–water partition coefficient (Wildman–Crippen LogP) is 5.23. The molecule has 0 fully saturated rings. The third-order valence-electron chi connectivity index (χ3n) is 6.57. The number of nitro groups is 1. The van der Waals surface area contributed by atoms with Gasteiger partial charge in [0.15, 0.2) is 17.3 Å². The van der Waals surface area contributed by atoms with Crippen LogP contribution in [0.5, 0.6) is 11.5 Å². The summed E-state index contributed by atoms with van der Waals surface area (Å²) in [7, 11) is -1.46. The summed E-state index contributed by atoms with van der Waals surface area (Å²) in [6.45, 7) is 6.38. The van der Waals surface area contributed by atoms with Gasteiger partial charge in [0.1, 0.15) is 0 Å². The first kappa shape index (κ1) is 29.7. The van der Waals surface area contributed by atoms with Gasteiger partial charge in [-0.15, -0.1) is 0 Å². The standard InChI is InChI=1S/C26H31BrN2O7SSi/c1-28(37(33,34)20-10-8-19(9-11-20)29(31)32)14-13-26(18-7-12-22(35-2)23(15-18)36-3)16-21(27)25(30)24(17-26)38(4,5)6/h7-12,15-17H,13-14H2,1-6H3. The van der Waals surface area contributed by atoms with Gasteiger partial charge in [-0.2, -0.15) is 0 Å². The van der Waals surface area contributed by atoms with E-state index in [4.69, 9.17) is 9.47 Å². The van der Waals surface area contributed by atoms with Gasteiger partial charge < -0.3 is 9.47 Å². The molecule has 2 aromatic rings. The first-order valence-corrected chi connectivity index (χ1v) is 17.5. The van der Waals surface area contributed by atoms with Crippen molar-refractivity contribution in [3.63, 3.8) is 0 Å². The number of hydrogen-bond donors (Lipinski definition) is 0. The van der Waals surface area contributed by atoms with E-state index in [2.05, 4.69) is 35.6 Å². The number of hydrogen-bond acceptors (Lipinski definition) is 7. The maximum absolute atomic E-state index is 13.3. The van der Waals surface area contributed by atoms with Crippen molar-refractivity contribution in [1.82, 2.24) is 4.31 Å². The number of carbonyl (C=O) groups is 1. The van der Waals surface area contributed by atoms with E-state index in [1.807, 2.05) is 24.3 Å². The molecule has 9 nitrogen and oxygen atoms in total. The van der Waals surface area contributed by atoms with Crippen LogP contribution >= 0.6 is 15.9 Å². The molecule has 1 atom stereocenters. The summed E-state index contributed by atoms with van der Waals surface area (Å²) in [6, 6.07) is 10.3. The number of sulfonamides is 1. The predicted molar refractivity (Wildman–Crippen MR) is 152 cm³/mol. The quantitative estimate of drug-likeness (QED) is 0.202. The molecule has 0 radical (unpaired) electrons. The number of nitrogens with zero attached hydrogens (tertiary/aromatic N) is 2. The van der Waals surface area contributed by atoms with Crippen molar-refractivity contribution < 1.29 is 27.6 Å². The number of non-ortho nitro benzene ring substituents is 1. The Bertz CT molecular complexity index is 1420. The number of allylic oxidation sites excluding steroid dienone is 4. The molecule has 0 bridgehead atoms. The Kier molecular flexibility index (Phi) is 8.71. The van der Waals surface area contributed by atoms with Gasteiger partial charge in [-0.1, -0.05) is 37.9 Å². The number of ketones is 1. The van der Waals surface area contributed by atoms with Crippen LogP contribution < -0.4 is 9.47 Å². The van der Waals surface area contributed by atoms with E-state index < -0.39 is 28.4 Å². The number of methoxy groups -OCH3 is 2. The van der Waals surface area contributed by atoms with Gasteiger partial charge >= 0.3 is 0 Å². The molecule has 204 valence electrons. The molecule has 2 aromatic carbocycles. The normalized spacial score (nSPS) is 18.2. The van der Waals surface area contributed by atoms with Crippen LogP contribution in [0.1, 0.15) is 12.0 Å². The fourth-order valence-electron chi connectivity index (χ4n) is 4.31. The van der Waals surface area contributed by atoms with E-state index in [9.17, 15) is 23.3 Å². The molecule has 0 amide bonds. The Labute approximate surface area is 232 Å². The third-order valence-corrected chi connectivity index (χ3v) is 11.0. The second-order valence-electron chi connectivity index (χ2n) is 10.1. The minimum Gasteiger partial charge on any atom is -0.493 e. The zero-order chi connectivity index (χ0) is 28.5. The van der Waals surface area contributed by atoms with Crippen LogP contribution in [0, 0.1) is 10.1 Å². The Balaban J connectivity index is 2.07. The van der Waals surface area contributed by atoms with Crippen LogP contribution in [0.15, 0.2) is 69.2 Å². The second-order valence-corrected chi connectivity index (χ2v) is 18.0. The lowest BCUT2D eigenvalue weighted by Gasteiger charge is -2.36. The molecule has 0 heterocycles. The van der Waals surface area contributed by atoms with Crippen molar-refractivity contribution >= 4 is 45.5 Å². The molecule has 0 saturated carbocycles. The molecular weight excluding hydrogens is 592 g/mol. The summed E-state index contributed by atoms with van der Waals surface area (Å²) < 4.78 is 39.1. The van der Waals surface area contributed by atoms with E-state index in [0.717, 1.165) is 10.8 Å². The average Bonchev–Trinajstić information content (AvgIpc) is 2.87. The van der Waals surface area contributed by atoms with Crippen LogP contribution in [-0.4, -0.2) is 59.3 Å². The van der Waals surface area contributed by atoms with Crippen molar-refractivity contribution in [2.24, 2.45) is 0 Å².